The van der Waals surface area contributed by atoms with Crippen LogP contribution in [-0.2, 0) is 35.0 Å². The number of carbonyl (C=O) groups is 3. The van der Waals surface area contributed by atoms with Gasteiger partial charge in [0.05, 0.1) is 51.7 Å². The number of hydrogen-bond donors (Lipinski definition) is 3. The van der Waals surface area contributed by atoms with E-state index in [1.807, 2.05) is 26.8 Å². The van der Waals surface area contributed by atoms with Crippen molar-refractivity contribution in [2.75, 3.05) is 33.2 Å². The Morgan fingerprint density at radius 1 is 1.00 bits per heavy atom. The number of ether oxygens (including phenoxy) is 6. The largest absolute Gasteiger partial charge is 0.493 e. The van der Waals surface area contributed by atoms with Crippen molar-refractivity contribution in [3.05, 3.63) is 45.6 Å². The van der Waals surface area contributed by atoms with Crippen LogP contribution in [-0.4, -0.2) is 75.3 Å². The van der Waals surface area contributed by atoms with Crippen LogP contribution < -0.4 is 35.6 Å². The average molecular weight is 712 g/mol. The molecule has 1 aliphatic carbocycles. The first-order chi connectivity index (χ1) is 23.9. The molecule has 2 aliphatic rings. The van der Waals surface area contributed by atoms with Gasteiger partial charge in [0, 0.05) is 25.5 Å². The van der Waals surface area contributed by atoms with E-state index >= 15 is 0 Å². The Hall–Kier alpha value is -4.36. The zero-order chi connectivity index (χ0) is 37.7. The van der Waals surface area contributed by atoms with E-state index < -0.39 is 23.5 Å². The van der Waals surface area contributed by atoms with Crippen LogP contribution >= 0.6 is 0 Å². The van der Waals surface area contributed by atoms with E-state index in [0.29, 0.717) is 60.6 Å². The first-order valence-electron chi connectivity index (χ1n) is 17.3. The monoisotopic (exact) mass is 711 g/mol. The fraction of sp³-hybridized carbons (Fsp3) is 0.579. The van der Waals surface area contributed by atoms with Crippen molar-refractivity contribution in [1.82, 2.24) is 10.6 Å². The molecule has 0 unspecified atom stereocenters. The molecule has 2 amide bonds. The van der Waals surface area contributed by atoms with Crippen molar-refractivity contribution in [2.24, 2.45) is 0 Å². The second-order valence-electron chi connectivity index (χ2n) is 14.4. The number of methoxy groups -OCH3 is 3. The smallest absolute Gasteiger partial charge is 0.308 e. The van der Waals surface area contributed by atoms with E-state index in [4.69, 9.17) is 28.4 Å². The third-order valence-corrected chi connectivity index (χ3v) is 8.69. The average Bonchev–Trinajstić information content (AvgIpc) is 3.26. The summed E-state index contributed by atoms with van der Waals surface area (Å²) in [5, 5.41) is 9.00. The second-order valence-corrected chi connectivity index (χ2v) is 14.4. The van der Waals surface area contributed by atoms with Gasteiger partial charge in [0.1, 0.15) is 11.6 Å². The maximum Gasteiger partial charge on any atom is 0.308 e. The van der Waals surface area contributed by atoms with E-state index in [-0.39, 0.29) is 47.5 Å². The van der Waals surface area contributed by atoms with Crippen molar-refractivity contribution in [3.8, 4) is 28.4 Å². The topological polar surface area (TPSA) is 160 Å². The number of anilines is 1. The van der Waals surface area contributed by atoms with Crippen molar-refractivity contribution < 1.29 is 42.8 Å². The van der Waals surface area contributed by atoms with Gasteiger partial charge in [-0.15, -0.1) is 0 Å². The van der Waals surface area contributed by atoms with E-state index in [9.17, 15) is 19.2 Å². The number of aryl methyl sites for hydroxylation is 1. The highest BCUT2D eigenvalue weighted by Gasteiger charge is 2.37. The highest BCUT2D eigenvalue weighted by Crippen LogP contribution is 2.50. The fourth-order valence-corrected chi connectivity index (χ4v) is 6.73. The van der Waals surface area contributed by atoms with Gasteiger partial charge >= 0.3 is 5.97 Å². The molecule has 13 nitrogen and oxygen atoms in total. The molecular weight excluding hydrogens is 658 g/mol. The van der Waals surface area contributed by atoms with Crippen LogP contribution in [0.1, 0.15) is 91.3 Å². The van der Waals surface area contributed by atoms with E-state index in [1.54, 1.807) is 47.1 Å². The molecule has 0 radical (unpaired) electrons. The number of carbonyl (C=O) groups excluding carboxylic acids is 3. The molecule has 280 valence electrons. The minimum atomic E-state index is -0.902. The normalized spacial score (nSPS) is 20.0. The third-order valence-electron chi connectivity index (χ3n) is 8.69. The van der Waals surface area contributed by atoms with Gasteiger partial charge in [-0.05, 0) is 95.7 Å². The van der Waals surface area contributed by atoms with E-state index in [2.05, 4.69) is 16.0 Å². The summed E-state index contributed by atoms with van der Waals surface area (Å²) >= 11 is 0. The molecule has 51 heavy (non-hydrogen) atoms. The second kappa shape index (κ2) is 16.3. The molecule has 0 spiro atoms. The number of fused-ring (bicyclic) bond motifs is 3. The van der Waals surface area contributed by atoms with Crippen molar-refractivity contribution in [1.29, 1.82) is 0 Å². The van der Waals surface area contributed by atoms with Gasteiger partial charge in [-0.2, -0.15) is 0 Å². The maximum atomic E-state index is 13.7. The number of rotatable bonds is 12. The van der Waals surface area contributed by atoms with E-state index in [0.717, 1.165) is 11.1 Å². The highest BCUT2D eigenvalue weighted by molar-refractivity contribution is 5.85. The quantitative estimate of drug-likeness (QED) is 0.259. The molecular formula is C38H53N3O10. The van der Waals surface area contributed by atoms with Crippen LogP contribution in [0.25, 0.3) is 11.1 Å². The van der Waals surface area contributed by atoms with Crippen LogP contribution in [0.2, 0.25) is 0 Å². The summed E-state index contributed by atoms with van der Waals surface area (Å²) in [4.78, 5) is 51.6. The SMILES string of the molecule is COc1cc2c(c(OC)c1OC)-c1ccc(N[C@@H](C)C(=O)NCC[C@@H]3C[C@H](CC(=O)OC(C)(C)C)OC(C)(C)O3)c(=O)cc1[C@@H](NC(C)=O)CC2. The summed E-state index contributed by atoms with van der Waals surface area (Å²) < 4.78 is 34.6. The number of hydrogen-bond acceptors (Lipinski definition) is 11. The lowest BCUT2D eigenvalue weighted by Gasteiger charge is -2.40. The molecule has 0 saturated carbocycles. The van der Waals surface area contributed by atoms with Gasteiger partial charge in [0.15, 0.2) is 17.3 Å². The lowest BCUT2D eigenvalue weighted by atomic mass is 9.95. The molecule has 1 fully saturated rings. The predicted molar refractivity (Wildman–Crippen MR) is 192 cm³/mol. The molecule has 13 heteroatoms. The number of nitrogens with one attached hydrogen (secondary N) is 3. The lowest BCUT2D eigenvalue weighted by Crippen LogP contribution is -2.47. The van der Waals surface area contributed by atoms with Crippen LogP contribution in [0.3, 0.4) is 0 Å². The summed E-state index contributed by atoms with van der Waals surface area (Å²) in [7, 11) is 4.62. The standard InChI is InChI=1S/C38H53N3O10/c1-21(36(45)39-16-15-24-18-25(50-38(6,7)49-24)19-32(44)51-37(3,4)5)40-29-14-12-26-27(20-30(29)43)28(41-22(2)42)13-11-23-17-31(46-8)34(47-9)35(48-10)33(23)26/h12,14,17,20-21,24-25,28H,11,13,15-16,18-19H2,1-10H3,(H,39,45)(H,40,43)(H,41,42)/t21-,24+,25+,28-/m0/s1. The first-order valence-corrected chi connectivity index (χ1v) is 17.3. The minimum absolute atomic E-state index is 0.106. The van der Waals surface area contributed by atoms with Crippen LogP contribution in [0.4, 0.5) is 5.69 Å². The first kappa shape index (κ1) is 39.4. The van der Waals surface area contributed by atoms with Crippen molar-refractivity contribution >= 4 is 23.5 Å². The number of amides is 2. The fourth-order valence-electron chi connectivity index (χ4n) is 6.73. The lowest BCUT2D eigenvalue weighted by molar-refractivity contribution is -0.300. The molecule has 1 aliphatic heterocycles. The molecule has 2 aromatic carbocycles. The Labute approximate surface area is 300 Å². The van der Waals surface area contributed by atoms with Crippen LogP contribution in [0.15, 0.2) is 29.1 Å². The summed E-state index contributed by atoms with van der Waals surface area (Å²) in [6, 6.07) is 5.62. The zero-order valence-corrected chi connectivity index (χ0v) is 31.4. The molecule has 2 aromatic rings. The van der Waals surface area contributed by atoms with Crippen LogP contribution in [0.5, 0.6) is 17.2 Å². The van der Waals surface area contributed by atoms with Gasteiger partial charge in [0.25, 0.3) is 0 Å². The van der Waals surface area contributed by atoms with E-state index in [1.165, 1.54) is 20.1 Å². The summed E-state index contributed by atoms with van der Waals surface area (Å²) in [5.41, 5.74) is 2.23. The Morgan fingerprint density at radius 2 is 1.69 bits per heavy atom. The third kappa shape index (κ3) is 10.1. The Morgan fingerprint density at radius 3 is 2.31 bits per heavy atom. The zero-order valence-electron chi connectivity index (χ0n) is 31.4. The number of esters is 1. The summed E-state index contributed by atoms with van der Waals surface area (Å²) in [6.07, 6.45) is 1.55. The Balaban J connectivity index is 1.51. The molecule has 1 saturated heterocycles. The summed E-state index contributed by atoms with van der Waals surface area (Å²) in [5.74, 6) is -0.407. The van der Waals surface area contributed by atoms with Gasteiger partial charge in [-0.1, -0.05) is 6.07 Å². The van der Waals surface area contributed by atoms with Gasteiger partial charge < -0.3 is 44.4 Å². The minimum Gasteiger partial charge on any atom is -0.493 e. The molecule has 4 rings (SSSR count). The Kier molecular flexibility index (Phi) is 12.6. The maximum absolute atomic E-state index is 13.7. The summed E-state index contributed by atoms with van der Waals surface area (Å²) in [6.45, 7) is 12.5. The predicted octanol–water partition coefficient (Wildman–Crippen LogP) is 4.81. The molecule has 3 N–H and O–H groups in total. The molecule has 0 aromatic heterocycles. The van der Waals surface area contributed by atoms with Gasteiger partial charge in [-0.3, -0.25) is 19.2 Å². The molecule has 0 bridgehead atoms. The van der Waals surface area contributed by atoms with Gasteiger partial charge in [0.2, 0.25) is 23.0 Å². The molecule has 1 heterocycles. The highest BCUT2D eigenvalue weighted by atomic mass is 16.7. The molecule has 4 atom stereocenters. The Bertz CT molecular complexity index is 1670. The van der Waals surface area contributed by atoms with Gasteiger partial charge in [-0.25, -0.2) is 0 Å². The van der Waals surface area contributed by atoms with Crippen molar-refractivity contribution in [3.63, 3.8) is 0 Å². The van der Waals surface area contributed by atoms with Crippen molar-refractivity contribution in [2.45, 2.75) is 116 Å². The number of benzene rings is 1. The van der Waals surface area contributed by atoms with Crippen LogP contribution in [0, 0.1) is 0 Å².